The third kappa shape index (κ3) is 5.06. The number of nitrogen functional groups attached to an aromatic ring is 1. The minimum atomic E-state index is -4.70. The summed E-state index contributed by atoms with van der Waals surface area (Å²) in [7, 11) is 0. The quantitative estimate of drug-likeness (QED) is 0.808. The maximum atomic E-state index is 12.6. The smallest absolute Gasteiger partial charge is 0.453 e. The highest BCUT2D eigenvalue weighted by Gasteiger charge is 2.37. The van der Waals surface area contributed by atoms with E-state index in [-0.39, 0.29) is 18.4 Å². The van der Waals surface area contributed by atoms with E-state index in [4.69, 9.17) is 22.1 Å². The Bertz CT molecular complexity index is 817. The molecule has 2 aromatic rings. The van der Waals surface area contributed by atoms with Gasteiger partial charge in [-0.05, 0) is 43.0 Å². The first-order valence-electron chi connectivity index (χ1n) is 8.66. The van der Waals surface area contributed by atoms with Crippen molar-refractivity contribution in [2.75, 3.05) is 25.4 Å². The Morgan fingerprint density at radius 2 is 1.89 bits per heavy atom. The Hall–Kier alpha value is -2.49. The monoisotopic (exact) mass is 417 g/mol. The molecule has 28 heavy (non-hydrogen) atoms. The number of nitrogens with zero attached hydrogens (tertiary/aromatic N) is 4. The van der Waals surface area contributed by atoms with Gasteiger partial charge in [0.1, 0.15) is 12.3 Å². The third-order valence-corrected chi connectivity index (χ3v) is 4.76. The summed E-state index contributed by atoms with van der Waals surface area (Å²) in [6.07, 6.45) is -3.23. The van der Waals surface area contributed by atoms with E-state index in [1.54, 1.807) is 29.2 Å². The summed E-state index contributed by atoms with van der Waals surface area (Å²) >= 11 is 5.83. The van der Waals surface area contributed by atoms with Gasteiger partial charge in [-0.1, -0.05) is 11.6 Å². The summed E-state index contributed by atoms with van der Waals surface area (Å²) in [5.74, 6) is -1.12. The van der Waals surface area contributed by atoms with Crippen LogP contribution in [0.4, 0.5) is 19.1 Å². The van der Waals surface area contributed by atoms with Crippen molar-refractivity contribution in [3.8, 4) is 5.75 Å². The first kappa shape index (κ1) is 20.2. The summed E-state index contributed by atoms with van der Waals surface area (Å²) in [5.41, 5.74) is 5.44. The number of hydrogen-bond donors (Lipinski definition) is 1. The molecule has 1 aliphatic rings. The van der Waals surface area contributed by atoms with Crippen LogP contribution in [0.3, 0.4) is 0 Å². The van der Waals surface area contributed by atoms with Crippen LogP contribution in [0.5, 0.6) is 5.75 Å². The number of anilines is 1. The van der Waals surface area contributed by atoms with Gasteiger partial charge >= 0.3 is 6.18 Å². The van der Waals surface area contributed by atoms with Gasteiger partial charge < -0.3 is 15.4 Å². The predicted molar refractivity (Wildman–Crippen MR) is 95.7 cm³/mol. The van der Waals surface area contributed by atoms with Gasteiger partial charge in [0.25, 0.3) is 5.82 Å². The van der Waals surface area contributed by atoms with Crippen molar-refractivity contribution < 1.29 is 22.7 Å². The second-order valence-corrected chi connectivity index (χ2v) is 6.97. The molecule has 1 aromatic carbocycles. The van der Waals surface area contributed by atoms with Gasteiger partial charge in [-0.15, -0.1) is 5.10 Å². The predicted octanol–water partition coefficient (Wildman–Crippen LogP) is 2.85. The number of rotatable bonds is 5. The number of nitrogens with two attached hydrogens (primary N) is 1. The zero-order valence-corrected chi connectivity index (χ0v) is 15.6. The second-order valence-electron chi connectivity index (χ2n) is 6.54. The number of carbonyl (C=O) groups is 1. The molecule has 152 valence electrons. The second kappa shape index (κ2) is 8.26. The number of alkyl halides is 3. The summed E-state index contributed by atoms with van der Waals surface area (Å²) in [5, 5.41) is 3.91. The fraction of sp³-hybridized carbons (Fsp3) is 0.471. The molecule has 0 saturated carbocycles. The van der Waals surface area contributed by atoms with E-state index in [0.29, 0.717) is 24.7 Å². The largest absolute Gasteiger partial charge is 0.493 e. The number of carbonyl (C=O) groups excluding carboxylic acids is 1. The van der Waals surface area contributed by atoms with E-state index in [9.17, 15) is 18.0 Å². The van der Waals surface area contributed by atoms with Gasteiger partial charge in [0, 0.05) is 18.1 Å². The summed E-state index contributed by atoms with van der Waals surface area (Å²) < 4.78 is 44.4. The van der Waals surface area contributed by atoms with Crippen molar-refractivity contribution in [3.63, 3.8) is 0 Å². The number of amides is 1. The van der Waals surface area contributed by atoms with Crippen LogP contribution in [0.2, 0.25) is 5.02 Å². The van der Waals surface area contributed by atoms with Crippen LogP contribution in [-0.2, 0) is 17.5 Å². The Kier molecular flexibility index (Phi) is 5.97. The third-order valence-electron chi connectivity index (χ3n) is 4.51. The van der Waals surface area contributed by atoms with Crippen LogP contribution in [0.25, 0.3) is 0 Å². The van der Waals surface area contributed by atoms with E-state index < -0.39 is 17.9 Å². The number of benzene rings is 1. The zero-order chi connectivity index (χ0) is 20.3. The first-order chi connectivity index (χ1) is 13.2. The SMILES string of the molecule is Nc1nc(C(F)(F)F)nn1CC(=O)N1CCC(COc2ccc(Cl)cc2)CC1. The topological polar surface area (TPSA) is 86.3 Å². The van der Waals surface area contributed by atoms with E-state index in [1.165, 1.54) is 0 Å². The van der Waals surface area contributed by atoms with Gasteiger partial charge in [0.2, 0.25) is 11.9 Å². The minimum absolute atomic E-state index is 0.285. The molecule has 2 N–H and O–H groups in total. The fourth-order valence-electron chi connectivity index (χ4n) is 2.91. The van der Waals surface area contributed by atoms with Crippen molar-refractivity contribution in [1.29, 1.82) is 0 Å². The zero-order valence-electron chi connectivity index (χ0n) is 14.8. The highest BCUT2D eigenvalue weighted by Crippen LogP contribution is 2.27. The molecule has 1 fully saturated rings. The Labute approximate surface area is 164 Å². The van der Waals surface area contributed by atoms with E-state index in [0.717, 1.165) is 23.3 Å². The lowest BCUT2D eigenvalue weighted by molar-refractivity contribution is -0.145. The molecule has 0 unspecified atom stereocenters. The van der Waals surface area contributed by atoms with Crippen molar-refractivity contribution in [2.45, 2.75) is 25.6 Å². The van der Waals surface area contributed by atoms with Gasteiger partial charge in [0.05, 0.1) is 6.61 Å². The van der Waals surface area contributed by atoms with Gasteiger partial charge in [-0.3, -0.25) is 4.79 Å². The molecular formula is C17H19ClF3N5O2. The summed E-state index contributed by atoms with van der Waals surface area (Å²) in [6, 6.07) is 7.08. The maximum Gasteiger partial charge on any atom is 0.453 e. The minimum Gasteiger partial charge on any atom is -0.493 e. The molecule has 1 saturated heterocycles. The highest BCUT2D eigenvalue weighted by molar-refractivity contribution is 6.30. The average Bonchev–Trinajstić information content (AvgIpc) is 3.02. The lowest BCUT2D eigenvalue weighted by atomic mass is 9.98. The van der Waals surface area contributed by atoms with Crippen LogP contribution >= 0.6 is 11.6 Å². The molecule has 0 atom stereocenters. The molecule has 11 heteroatoms. The standard InChI is InChI=1S/C17H19ClF3N5O2/c18-12-1-3-13(4-2-12)28-10-11-5-7-25(8-6-11)14(27)9-26-16(22)23-15(24-26)17(19,20)21/h1-4,11H,5-10H2,(H2,22,23,24). The molecule has 0 aliphatic carbocycles. The van der Waals surface area contributed by atoms with Crippen molar-refractivity contribution >= 4 is 23.5 Å². The lowest BCUT2D eigenvalue weighted by Gasteiger charge is -2.32. The molecule has 1 aliphatic heterocycles. The normalized spacial score (nSPS) is 15.6. The van der Waals surface area contributed by atoms with Gasteiger partial charge in [-0.25, -0.2) is 4.68 Å². The highest BCUT2D eigenvalue weighted by atomic mass is 35.5. The van der Waals surface area contributed by atoms with Crippen LogP contribution in [-0.4, -0.2) is 45.3 Å². The maximum absolute atomic E-state index is 12.6. The lowest BCUT2D eigenvalue weighted by Crippen LogP contribution is -2.41. The van der Waals surface area contributed by atoms with Crippen molar-refractivity contribution in [1.82, 2.24) is 19.7 Å². The van der Waals surface area contributed by atoms with Gasteiger partial charge in [-0.2, -0.15) is 18.2 Å². The molecular weight excluding hydrogens is 399 g/mol. The molecule has 7 nitrogen and oxygen atoms in total. The van der Waals surface area contributed by atoms with E-state index >= 15 is 0 Å². The number of likely N-dealkylation sites (tertiary alicyclic amines) is 1. The van der Waals surface area contributed by atoms with Gasteiger partial charge in [0.15, 0.2) is 0 Å². The fourth-order valence-corrected chi connectivity index (χ4v) is 3.04. The molecule has 1 amide bonds. The molecule has 0 bridgehead atoms. The molecule has 0 radical (unpaired) electrons. The van der Waals surface area contributed by atoms with Crippen molar-refractivity contribution in [2.24, 2.45) is 5.92 Å². The summed E-state index contributed by atoms with van der Waals surface area (Å²) in [4.78, 5) is 17.1. The van der Waals surface area contributed by atoms with Crippen LogP contribution in [0, 0.1) is 5.92 Å². The number of piperidine rings is 1. The Morgan fingerprint density at radius 1 is 1.25 bits per heavy atom. The Morgan fingerprint density at radius 3 is 2.46 bits per heavy atom. The number of ether oxygens (including phenoxy) is 1. The van der Waals surface area contributed by atoms with E-state index in [1.807, 2.05) is 0 Å². The molecule has 0 spiro atoms. The number of halogens is 4. The van der Waals surface area contributed by atoms with Crippen LogP contribution in [0.15, 0.2) is 24.3 Å². The molecule has 1 aromatic heterocycles. The van der Waals surface area contributed by atoms with Crippen LogP contribution in [0.1, 0.15) is 18.7 Å². The first-order valence-corrected chi connectivity index (χ1v) is 9.04. The average molecular weight is 418 g/mol. The Balaban J connectivity index is 1.47. The molecule has 3 rings (SSSR count). The van der Waals surface area contributed by atoms with E-state index in [2.05, 4.69) is 10.1 Å². The number of aromatic nitrogens is 3. The summed E-state index contributed by atoms with van der Waals surface area (Å²) in [6.45, 7) is 1.14. The van der Waals surface area contributed by atoms with Crippen LogP contribution < -0.4 is 10.5 Å². The number of hydrogen-bond acceptors (Lipinski definition) is 5. The molecule has 2 heterocycles. The van der Waals surface area contributed by atoms with Crippen molar-refractivity contribution in [3.05, 3.63) is 35.1 Å².